The number of nitrogens with one attached hydrogen (secondary N) is 1. The quantitative estimate of drug-likeness (QED) is 0.552. The van der Waals surface area contributed by atoms with Crippen LogP contribution in [-0.2, 0) is 9.63 Å². The fourth-order valence-corrected chi connectivity index (χ4v) is 2.36. The van der Waals surface area contributed by atoms with Crippen LogP contribution in [0.25, 0.3) is 11.0 Å². The van der Waals surface area contributed by atoms with Gasteiger partial charge in [0.25, 0.3) is 11.5 Å². The normalized spacial score (nSPS) is 11.3. The van der Waals surface area contributed by atoms with Crippen LogP contribution in [0.3, 0.4) is 0 Å². The molecule has 0 aliphatic rings. The summed E-state index contributed by atoms with van der Waals surface area (Å²) in [6, 6.07) is 15.7. The van der Waals surface area contributed by atoms with Gasteiger partial charge in [-0.1, -0.05) is 31.2 Å². The number of anilines is 1. The Morgan fingerprint density at radius 2 is 1.93 bits per heavy atom. The van der Waals surface area contributed by atoms with Crippen LogP contribution >= 0.6 is 0 Å². The van der Waals surface area contributed by atoms with E-state index in [2.05, 4.69) is 10.5 Å². The summed E-state index contributed by atoms with van der Waals surface area (Å²) in [5.41, 5.74) is 1.11. The van der Waals surface area contributed by atoms with Gasteiger partial charge in [0.1, 0.15) is 16.9 Å². The number of rotatable bonds is 5. The zero-order chi connectivity index (χ0) is 19.2. The Labute approximate surface area is 155 Å². The third kappa shape index (κ3) is 4.33. The van der Waals surface area contributed by atoms with Gasteiger partial charge in [-0.15, -0.1) is 0 Å². The average Bonchev–Trinajstić information content (AvgIpc) is 2.71. The van der Waals surface area contributed by atoms with E-state index in [-0.39, 0.29) is 17.5 Å². The number of amides is 1. The van der Waals surface area contributed by atoms with Crippen molar-refractivity contribution in [2.24, 2.45) is 5.16 Å². The number of hydrogen-bond donors (Lipinski definition) is 1. The molecule has 0 fully saturated rings. The van der Waals surface area contributed by atoms with Crippen molar-refractivity contribution in [1.82, 2.24) is 0 Å². The maximum atomic E-state index is 12.8. The van der Waals surface area contributed by atoms with Gasteiger partial charge < -0.3 is 19.3 Å². The Morgan fingerprint density at radius 1 is 1.11 bits per heavy atom. The molecule has 0 spiro atoms. The number of benzene rings is 2. The molecule has 0 saturated carbocycles. The van der Waals surface area contributed by atoms with E-state index in [0.717, 1.165) is 0 Å². The molecule has 27 heavy (non-hydrogen) atoms. The second kappa shape index (κ2) is 8.18. The molecule has 1 aromatic heterocycles. The maximum absolute atomic E-state index is 12.8. The van der Waals surface area contributed by atoms with Crippen LogP contribution in [0.2, 0.25) is 0 Å². The molecule has 1 N–H and O–H groups in total. The second-order valence-corrected chi connectivity index (χ2v) is 5.60. The molecule has 0 aliphatic heterocycles. The Kier molecular flexibility index (Phi) is 5.51. The largest absolute Gasteiger partial charge is 0.497 e. The molecule has 1 heterocycles. The number of carbonyl (C=O) groups is 2. The van der Waals surface area contributed by atoms with Gasteiger partial charge in [0.05, 0.1) is 7.11 Å². The number of nitrogens with zero attached hydrogens (tertiary/aromatic N) is 1. The molecular formula is C20H18N2O5. The van der Waals surface area contributed by atoms with Gasteiger partial charge in [0.15, 0.2) is 0 Å². The SMILES string of the molecule is CCC(=O)ON=c1oc2ccccc2cc1C(=O)Nc1cccc(OC)c1. The van der Waals surface area contributed by atoms with Gasteiger partial charge in [0, 0.05) is 23.6 Å². The van der Waals surface area contributed by atoms with E-state index in [1.54, 1.807) is 56.5 Å². The molecule has 1 amide bonds. The molecule has 3 rings (SSSR count). The molecule has 2 aromatic carbocycles. The van der Waals surface area contributed by atoms with Crippen LogP contribution in [0.1, 0.15) is 23.7 Å². The monoisotopic (exact) mass is 366 g/mol. The van der Waals surface area contributed by atoms with Crippen LogP contribution in [0.5, 0.6) is 5.75 Å². The highest BCUT2D eigenvalue weighted by Crippen LogP contribution is 2.18. The Bertz CT molecular complexity index is 1060. The highest BCUT2D eigenvalue weighted by Gasteiger charge is 2.14. The van der Waals surface area contributed by atoms with Crippen LogP contribution in [0, 0.1) is 0 Å². The van der Waals surface area contributed by atoms with Crippen LogP contribution in [0.15, 0.2) is 64.2 Å². The van der Waals surface area contributed by atoms with Crippen molar-refractivity contribution in [2.75, 3.05) is 12.4 Å². The molecule has 0 saturated heterocycles. The lowest BCUT2D eigenvalue weighted by atomic mass is 10.1. The first-order valence-corrected chi connectivity index (χ1v) is 8.33. The molecule has 0 bridgehead atoms. The van der Waals surface area contributed by atoms with Crippen molar-refractivity contribution < 1.29 is 23.6 Å². The lowest BCUT2D eigenvalue weighted by Crippen LogP contribution is -2.22. The number of fused-ring (bicyclic) bond motifs is 1. The zero-order valence-electron chi connectivity index (χ0n) is 14.9. The topological polar surface area (TPSA) is 90.1 Å². The number of para-hydroxylation sites is 1. The van der Waals surface area contributed by atoms with Crippen LogP contribution < -0.4 is 15.6 Å². The fraction of sp³-hybridized carbons (Fsp3) is 0.150. The van der Waals surface area contributed by atoms with Crippen molar-refractivity contribution in [3.05, 3.63) is 65.7 Å². The van der Waals surface area contributed by atoms with Crippen molar-refractivity contribution in [3.8, 4) is 5.75 Å². The average molecular weight is 366 g/mol. The molecule has 7 nitrogen and oxygen atoms in total. The standard InChI is InChI=1S/C20H18N2O5/c1-3-18(23)27-22-20-16(11-13-7-4-5-10-17(13)26-20)19(24)21-14-8-6-9-15(12-14)25-2/h4-12H,3H2,1-2H3,(H,21,24). The van der Waals surface area contributed by atoms with Crippen LogP contribution in [-0.4, -0.2) is 19.0 Å². The minimum absolute atomic E-state index is 0.0871. The summed E-state index contributed by atoms with van der Waals surface area (Å²) in [5.74, 6) is -0.376. The molecule has 0 radical (unpaired) electrons. The van der Waals surface area contributed by atoms with Gasteiger partial charge >= 0.3 is 5.97 Å². The van der Waals surface area contributed by atoms with E-state index in [4.69, 9.17) is 14.0 Å². The smallest absolute Gasteiger partial charge is 0.334 e. The fourth-order valence-electron chi connectivity index (χ4n) is 2.36. The predicted octanol–water partition coefficient (Wildman–Crippen LogP) is 3.46. The lowest BCUT2D eigenvalue weighted by molar-refractivity contribution is -0.144. The number of methoxy groups -OCH3 is 1. The molecule has 0 atom stereocenters. The van der Waals surface area contributed by atoms with Crippen molar-refractivity contribution >= 4 is 28.5 Å². The first kappa shape index (κ1) is 18.2. The van der Waals surface area contributed by atoms with Gasteiger partial charge in [-0.3, -0.25) is 4.79 Å². The highest BCUT2D eigenvalue weighted by atomic mass is 16.7. The molecule has 0 unspecified atom stereocenters. The Hall–Kier alpha value is -3.61. The van der Waals surface area contributed by atoms with E-state index < -0.39 is 11.9 Å². The third-order valence-electron chi connectivity index (χ3n) is 3.75. The minimum atomic E-state index is -0.530. The van der Waals surface area contributed by atoms with E-state index in [1.165, 1.54) is 0 Å². The maximum Gasteiger partial charge on any atom is 0.334 e. The van der Waals surface area contributed by atoms with Gasteiger partial charge in [-0.05, 0) is 29.4 Å². The summed E-state index contributed by atoms with van der Waals surface area (Å²) in [4.78, 5) is 29.0. The molecule has 7 heteroatoms. The summed E-state index contributed by atoms with van der Waals surface area (Å²) in [7, 11) is 1.54. The molecule has 138 valence electrons. The van der Waals surface area contributed by atoms with E-state index in [0.29, 0.717) is 22.4 Å². The van der Waals surface area contributed by atoms with Crippen molar-refractivity contribution in [2.45, 2.75) is 13.3 Å². The van der Waals surface area contributed by atoms with Gasteiger partial charge in [0.2, 0.25) is 0 Å². The van der Waals surface area contributed by atoms with Crippen molar-refractivity contribution in [1.29, 1.82) is 0 Å². The first-order valence-electron chi connectivity index (χ1n) is 8.33. The summed E-state index contributed by atoms with van der Waals surface area (Å²) in [6.45, 7) is 1.64. The van der Waals surface area contributed by atoms with Gasteiger partial charge in [-0.2, -0.15) is 0 Å². The summed E-state index contributed by atoms with van der Waals surface area (Å²) in [5, 5.41) is 7.20. The summed E-state index contributed by atoms with van der Waals surface area (Å²) >= 11 is 0. The number of carbonyl (C=O) groups excluding carboxylic acids is 2. The molecule has 0 aliphatic carbocycles. The summed E-state index contributed by atoms with van der Waals surface area (Å²) in [6.07, 6.45) is 0.155. The summed E-state index contributed by atoms with van der Waals surface area (Å²) < 4.78 is 10.8. The zero-order valence-corrected chi connectivity index (χ0v) is 14.9. The van der Waals surface area contributed by atoms with E-state index in [9.17, 15) is 9.59 Å². The predicted molar refractivity (Wildman–Crippen MR) is 99.1 cm³/mol. The minimum Gasteiger partial charge on any atom is -0.497 e. The third-order valence-corrected chi connectivity index (χ3v) is 3.75. The second-order valence-electron chi connectivity index (χ2n) is 5.60. The van der Waals surface area contributed by atoms with E-state index >= 15 is 0 Å². The Balaban J connectivity index is 2.01. The van der Waals surface area contributed by atoms with Gasteiger partial charge in [-0.25, -0.2) is 4.79 Å². The first-order chi connectivity index (χ1) is 13.1. The molecule has 3 aromatic rings. The Morgan fingerprint density at radius 3 is 2.70 bits per heavy atom. The lowest BCUT2D eigenvalue weighted by Gasteiger charge is -2.08. The van der Waals surface area contributed by atoms with E-state index in [1.807, 2.05) is 12.1 Å². The highest BCUT2D eigenvalue weighted by molar-refractivity contribution is 6.05. The number of hydrogen-bond acceptors (Lipinski definition) is 6. The number of ether oxygens (including phenoxy) is 1. The van der Waals surface area contributed by atoms with Crippen LogP contribution in [0.4, 0.5) is 5.69 Å². The van der Waals surface area contributed by atoms with Crippen molar-refractivity contribution in [3.63, 3.8) is 0 Å². The molecular weight excluding hydrogens is 348 g/mol.